The minimum atomic E-state index is -0.148. The van der Waals surface area contributed by atoms with Crippen LogP contribution >= 0.6 is 0 Å². The van der Waals surface area contributed by atoms with Crippen molar-refractivity contribution in [2.24, 2.45) is 0 Å². The maximum atomic E-state index is 11.8. The highest BCUT2D eigenvalue weighted by Gasteiger charge is 2.14. The van der Waals surface area contributed by atoms with Crippen LogP contribution in [0.2, 0.25) is 0 Å². The van der Waals surface area contributed by atoms with Gasteiger partial charge >= 0.3 is 0 Å². The number of carbonyl (C=O) groups is 1. The number of piperidine rings is 1. The number of carbonyl (C=O) groups excluding carboxylic acids is 1. The van der Waals surface area contributed by atoms with Crippen molar-refractivity contribution in [3.63, 3.8) is 0 Å². The molecule has 1 N–H and O–H groups in total. The smallest absolute Gasteiger partial charge is 0.258 e. The molecule has 0 radical (unpaired) electrons. The molecule has 0 aliphatic carbocycles. The molecule has 6 heteroatoms. The molecule has 27 heavy (non-hydrogen) atoms. The van der Waals surface area contributed by atoms with Crippen LogP contribution in [-0.2, 0) is 0 Å². The number of benzene rings is 2. The first-order valence-corrected chi connectivity index (χ1v) is 9.26. The molecule has 0 unspecified atom stereocenters. The Kier molecular flexibility index (Phi) is 4.87. The number of nitrogens with zero attached hydrogens (tertiary/aromatic N) is 3. The first kappa shape index (κ1) is 17.3. The van der Waals surface area contributed by atoms with E-state index in [0.29, 0.717) is 17.3 Å². The van der Waals surface area contributed by atoms with Crippen molar-refractivity contribution >= 4 is 11.6 Å². The van der Waals surface area contributed by atoms with Crippen LogP contribution in [0.25, 0.3) is 22.8 Å². The molecule has 0 bridgehead atoms. The van der Waals surface area contributed by atoms with Crippen LogP contribution in [0.1, 0.15) is 29.6 Å². The van der Waals surface area contributed by atoms with Gasteiger partial charge in [-0.3, -0.25) is 4.79 Å². The van der Waals surface area contributed by atoms with Crippen molar-refractivity contribution < 1.29 is 9.32 Å². The Morgan fingerprint density at radius 3 is 2.56 bits per heavy atom. The van der Waals surface area contributed by atoms with E-state index < -0.39 is 0 Å². The van der Waals surface area contributed by atoms with E-state index in [1.807, 2.05) is 18.2 Å². The average Bonchev–Trinajstić information content (AvgIpc) is 3.24. The lowest BCUT2D eigenvalue weighted by molar-refractivity contribution is 0.0963. The van der Waals surface area contributed by atoms with Gasteiger partial charge < -0.3 is 14.7 Å². The second-order valence-corrected chi connectivity index (χ2v) is 6.68. The molecule has 1 amide bonds. The van der Waals surface area contributed by atoms with Gasteiger partial charge in [-0.05, 0) is 61.7 Å². The Morgan fingerprint density at radius 1 is 1.04 bits per heavy atom. The van der Waals surface area contributed by atoms with E-state index >= 15 is 0 Å². The van der Waals surface area contributed by atoms with Crippen LogP contribution in [0, 0.1) is 0 Å². The van der Waals surface area contributed by atoms with Gasteiger partial charge in [0.05, 0.1) is 0 Å². The lowest BCUT2D eigenvalue weighted by Gasteiger charge is -2.28. The quantitative estimate of drug-likeness (QED) is 0.765. The van der Waals surface area contributed by atoms with Gasteiger partial charge in [-0.1, -0.05) is 11.2 Å². The van der Waals surface area contributed by atoms with E-state index in [4.69, 9.17) is 4.52 Å². The van der Waals surface area contributed by atoms with Gasteiger partial charge in [-0.15, -0.1) is 0 Å². The zero-order valence-corrected chi connectivity index (χ0v) is 15.3. The molecule has 1 aliphatic heterocycles. The highest BCUT2D eigenvalue weighted by molar-refractivity contribution is 5.95. The molecule has 4 rings (SSSR count). The van der Waals surface area contributed by atoms with E-state index in [-0.39, 0.29) is 5.91 Å². The van der Waals surface area contributed by atoms with E-state index in [0.717, 1.165) is 24.2 Å². The van der Waals surface area contributed by atoms with Crippen molar-refractivity contribution in [1.82, 2.24) is 15.5 Å². The van der Waals surface area contributed by atoms with E-state index in [1.165, 1.54) is 24.9 Å². The third kappa shape index (κ3) is 3.69. The lowest BCUT2D eigenvalue weighted by atomic mass is 10.1. The maximum absolute atomic E-state index is 11.8. The minimum Gasteiger partial charge on any atom is -0.372 e. The predicted octanol–water partition coefficient (Wildman–Crippen LogP) is 3.75. The molecule has 0 saturated carbocycles. The fourth-order valence-corrected chi connectivity index (χ4v) is 3.37. The van der Waals surface area contributed by atoms with Gasteiger partial charge in [0, 0.05) is 42.5 Å². The molecule has 1 fully saturated rings. The third-order valence-corrected chi connectivity index (χ3v) is 4.87. The van der Waals surface area contributed by atoms with Crippen molar-refractivity contribution in [1.29, 1.82) is 0 Å². The normalized spacial score (nSPS) is 14.2. The highest BCUT2D eigenvalue weighted by atomic mass is 16.5. The van der Waals surface area contributed by atoms with Crippen molar-refractivity contribution in [2.75, 3.05) is 25.0 Å². The van der Waals surface area contributed by atoms with Gasteiger partial charge in [0.25, 0.3) is 11.8 Å². The van der Waals surface area contributed by atoms with Crippen molar-refractivity contribution in [3.05, 3.63) is 54.1 Å². The van der Waals surface area contributed by atoms with Crippen LogP contribution in [0.15, 0.2) is 53.1 Å². The summed E-state index contributed by atoms with van der Waals surface area (Å²) < 4.78 is 5.42. The van der Waals surface area contributed by atoms with Crippen molar-refractivity contribution in [2.45, 2.75) is 19.3 Å². The van der Waals surface area contributed by atoms with E-state index in [2.05, 4.69) is 32.5 Å². The molecule has 6 nitrogen and oxygen atoms in total. The van der Waals surface area contributed by atoms with Crippen LogP contribution in [-0.4, -0.2) is 36.2 Å². The summed E-state index contributed by atoms with van der Waals surface area (Å²) in [7, 11) is 1.60. The largest absolute Gasteiger partial charge is 0.372 e. The number of aromatic nitrogens is 2. The molecule has 0 atom stereocenters. The van der Waals surface area contributed by atoms with E-state index in [1.54, 1.807) is 25.2 Å². The number of hydrogen-bond donors (Lipinski definition) is 1. The zero-order valence-electron chi connectivity index (χ0n) is 15.3. The summed E-state index contributed by atoms with van der Waals surface area (Å²) in [6.07, 6.45) is 3.83. The van der Waals surface area contributed by atoms with Gasteiger partial charge in [-0.2, -0.15) is 4.98 Å². The number of nitrogens with one attached hydrogen (secondary N) is 1. The number of rotatable bonds is 4. The van der Waals surface area contributed by atoms with Gasteiger partial charge in [0.2, 0.25) is 5.82 Å². The highest BCUT2D eigenvalue weighted by Crippen LogP contribution is 2.26. The second kappa shape index (κ2) is 7.61. The molecule has 3 aromatic rings. The predicted molar refractivity (Wildman–Crippen MR) is 105 cm³/mol. The molecular formula is C21H22N4O2. The number of amides is 1. The minimum absolute atomic E-state index is 0.148. The molecule has 2 aromatic carbocycles. The van der Waals surface area contributed by atoms with Crippen LogP contribution in [0.5, 0.6) is 0 Å². The van der Waals surface area contributed by atoms with Gasteiger partial charge in [0.15, 0.2) is 0 Å². The van der Waals surface area contributed by atoms with Crippen LogP contribution in [0.3, 0.4) is 0 Å². The summed E-state index contributed by atoms with van der Waals surface area (Å²) in [6.45, 7) is 2.24. The second-order valence-electron chi connectivity index (χ2n) is 6.68. The topological polar surface area (TPSA) is 71.3 Å². The molecule has 1 aromatic heterocycles. The van der Waals surface area contributed by atoms with Crippen molar-refractivity contribution in [3.8, 4) is 22.8 Å². The maximum Gasteiger partial charge on any atom is 0.258 e. The molecule has 0 spiro atoms. The summed E-state index contributed by atoms with van der Waals surface area (Å²) in [5.41, 5.74) is 3.43. The Labute approximate surface area is 158 Å². The Bertz CT molecular complexity index is 927. The number of hydrogen-bond acceptors (Lipinski definition) is 5. The zero-order chi connectivity index (χ0) is 18.6. The summed E-state index contributed by atoms with van der Waals surface area (Å²) >= 11 is 0. The van der Waals surface area contributed by atoms with Gasteiger partial charge in [0.1, 0.15) is 0 Å². The summed E-state index contributed by atoms with van der Waals surface area (Å²) in [6, 6.07) is 15.4. The Hall–Kier alpha value is -3.15. The van der Waals surface area contributed by atoms with E-state index in [9.17, 15) is 4.79 Å². The monoisotopic (exact) mass is 362 g/mol. The first-order chi connectivity index (χ1) is 13.2. The fourth-order valence-electron chi connectivity index (χ4n) is 3.37. The SMILES string of the molecule is CNC(=O)c1cccc(-c2nc(-c3ccc(N4CCCCC4)cc3)no2)c1. The van der Waals surface area contributed by atoms with Crippen LogP contribution < -0.4 is 10.2 Å². The average molecular weight is 362 g/mol. The molecule has 1 saturated heterocycles. The summed E-state index contributed by atoms with van der Waals surface area (Å²) in [4.78, 5) is 18.7. The van der Waals surface area contributed by atoms with Crippen LogP contribution in [0.4, 0.5) is 5.69 Å². The molecular weight excluding hydrogens is 340 g/mol. The molecule has 2 heterocycles. The van der Waals surface area contributed by atoms with Gasteiger partial charge in [-0.25, -0.2) is 0 Å². The standard InChI is InChI=1S/C21H22N4O2/c1-22-20(26)16-6-5-7-17(14-16)21-23-19(24-27-21)15-8-10-18(11-9-15)25-12-3-2-4-13-25/h5-11,14H,2-4,12-13H2,1H3,(H,22,26). The lowest BCUT2D eigenvalue weighted by Crippen LogP contribution is -2.29. The summed E-state index contributed by atoms with van der Waals surface area (Å²) in [5.74, 6) is 0.793. The summed E-state index contributed by atoms with van der Waals surface area (Å²) in [5, 5.41) is 6.71. The Balaban J connectivity index is 1.55. The fraction of sp³-hybridized carbons (Fsp3) is 0.286. The Morgan fingerprint density at radius 2 is 1.81 bits per heavy atom. The molecule has 138 valence electrons. The number of anilines is 1. The molecule has 1 aliphatic rings. The third-order valence-electron chi connectivity index (χ3n) is 4.87. The first-order valence-electron chi connectivity index (χ1n) is 9.26.